The summed E-state index contributed by atoms with van der Waals surface area (Å²) in [5.41, 5.74) is 6.25. The van der Waals surface area contributed by atoms with Crippen molar-refractivity contribution in [2.45, 2.75) is 11.8 Å². The Morgan fingerprint density at radius 3 is 2.48 bits per heavy atom. The second kappa shape index (κ2) is 6.24. The maximum Gasteiger partial charge on any atom is 0.263 e. The van der Waals surface area contributed by atoms with Crippen LogP contribution in [0.4, 0.5) is 11.4 Å². The summed E-state index contributed by atoms with van der Waals surface area (Å²) in [6.45, 7) is 2.42. The smallest absolute Gasteiger partial charge is 0.263 e. The zero-order valence-corrected chi connectivity index (χ0v) is 12.9. The second-order valence-corrected chi connectivity index (χ2v) is 6.33. The van der Waals surface area contributed by atoms with Crippen molar-refractivity contribution in [3.8, 4) is 5.75 Å². The Balaban J connectivity index is 2.26. The third-order valence-electron chi connectivity index (χ3n) is 2.68. The number of nitrogens with one attached hydrogen (secondary N) is 1. The van der Waals surface area contributed by atoms with Crippen LogP contribution in [0.15, 0.2) is 47.4 Å². The minimum absolute atomic E-state index is 0.0520. The predicted molar refractivity (Wildman–Crippen MR) is 84.3 cm³/mol. The molecular formula is C14H15ClN2O3S. The van der Waals surface area contributed by atoms with E-state index in [1.165, 1.54) is 18.2 Å². The van der Waals surface area contributed by atoms with E-state index in [9.17, 15) is 8.42 Å². The molecule has 0 heterocycles. The minimum Gasteiger partial charge on any atom is -0.494 e. The van der Waals surface area contributed by atoms with Crippen LogP contribution in [0, 0.1) is 0 Å². The molecular weight excluding hydrogens is 312 g/mol. The van der Waals surface area contributed by atoms with Gasteiger partial charge < -0.3 is 10.5 Å². The first-order valence-electron chi connectivity index (χ1n) is 6.23. The molecule has 112 valence electrons. The Bertz CT molecular complexity index is 730. The van der Waals surface area contributed by atoms with Crippen LogP contribution in [0.1, 0.15) is 6.92 Å². The highest BCUT2D eigenvalue weighted by atomic mass is 35.5. The normalized spacial score (nSPS) is 11.1. The van der Waals surface area contributed by atoms with Crippen LogP contribution in [-0.4, -0.2) is 15.0 Å². The van der Waals surface area contributed by atoms with E-state index in [1.807, 2.05) is 6.92 Å². The van der Waals surface area contributed by atoms with Crippen molar-refractivity contribution in [2.75, 3.05) is 17.1 Å². The highest BCUT2D eigenvalue weighted by molar-refractivity contribution is 7.92. The molecule has 0 radical (unpaired) electrons. The molecule has 0 bridgehead atoms. The highest BCUT2D eigenvalue weighted by Gasteiger charge is 2.18. The maximum absolute atomic E-state index is 12.3. The van der Waals surface area contributed by atoms with Crippen molar-refractivity contribution in [3.63, 3.8) is 0 Å². The Morgan fingerprint density at radius 1 is 1.19 bits per heavy atom. The Morgan fingerprint density at radius 2 is 1.86 bits per heavy atom. The molecule has 0 spiro atoms. The largest absolute Gasteiger partial charge is 0.494 e. The quantitative estimate of drug-likeness (QED) is 0.827. The second-order valence-electron chi connectivity index (χ2n) is 4.25. The Hall–Kier alpha value is -1.92. The van der Waals surface area contributed by atoms with E-state index in [0.29, 0.717) is 23.1 Å². The number of anilines is 2. The summed E-state index contributed by atoms with van der Waals surface area (Å²) in [7, 11) is -3.79. The standard InChI is InChI=1S/C14H15ClN2O3S/c1-2-20-12-6-4-11(5-7-12)17-21(18,19)14-9-10(15)3-8-13(14)16/h3-9,17H,2,16H2,1H3. The molecule has 2 aromatic carbocycles. The molecule has 3 N–H and O–H groups in total. The molecule has 0 fully saturated rings. The number of ether oxygens (including phenoxy) is 1. The number of nitrogens with two attached hydrogens (primary N) is 1. The van der Waals surface area contributed by atoms with Crippen molar-refractivity contribution in [1.82, 2.24) is 0 Å². The van der Waals surface area contributed by atoms with Crippen molar-refractivity contribution >= 4 is 33.0 Å². The topological polar surface area (TPSA) is 81.4 Å². The van der Waals surface area contributed by atoms with Crippen LogP contribution < -0.4 is 15.2 Å². The molecule has 7 heteroatoms. The van der Waals surface area contributed by atoms with Crippen LogP contribution in [-0.2, 0) is 10.0 Å². The number of sulfonamides is 1. The molecule has 0 saturated carbocycles. The van der Waals surface area contributed by atoms with Gasteiger partial charge in [-0.05, 0) is 49.4 Å². The average molecular weight is 327 g/mol. The van der Waals surface area contributed by atoms with Crippen LogP contribution in [0.2, 0.25) is 5.02 Å². The van der Waals surface area contributed by atoms with Gasteiger partial charge in [0.2, 0.25) is 0 Å². The lowest BCUT2D eigenvalue weighted by Gasteiger charge is -2.11. The molecule has 0 aliphatic heterocycles. The first-order chi connectivity index (χ1) is 9.92. The molecule has 2 aromatic rings. The van der Waals surface area contributed by atoms with E-state index in [1.54, 1.807) is 24.3 Å². The van der Waals surface area contributed by atoms with Gasteiger partial charge in [-0.15, -0.1) is 0 Å². The van der Waals surface area contributed by atoms with Gasteiger partial charge in [-0.2, -0.15) is 0 Å². The number of nitrogen functional groups attached to an aromatic ring is 1. The molecule has 0 aliphatic rings. The molecule has 0 atom stereocenters. The molecule has 0 amide bonds. The first-order valence-corrected chi connectivity index (χ1v) is 8.09. The van der Waals surface area contributed by atoms with Gasteiger partial charge in [0.15, 0.2) is 0 Å². The van der Waals surface area contributed by atoms with E-state index in [2.05, 4.69) is 4.72 Å². The zero-order valence-electron chi connectivity index (χ0n) is 11.3. The summed E-state index contributed by atoms with van der Waals surface area (Å²) in [4.78, 5) is -0.0520. The van der Waals surface area contributed by atoms with Gasteiger partial charge in [0.1, 0.15) is 10.6 Å². The van der Waals surface area contributed by atoms with Gasteiger partial charge in [0, 0.05) is 10.7 Å². The van der Waals surface area contributed by atoms with Gasteiger partial charge in [-0.1, -0.05) is 11.6 Å². The molecule has 2 rings (SSSR count). The summed E-state index contributed by atoms with van der Waals surface area (Å²) in [6, 6.07) is 10.9. The summed E-state index contributed by atoms with van der Waals surface area (Å²) >= 11 is 5.82. The van der Waals surface area contributed by atoms with Crippen LogP contribution in [0.25, 0.3) is 0 Å². The van der Waals surface area contributed by atoms with Crippen molar-refractivity contribution in [1.29, 1.82) is 0 Å². The Labute approximate surface area is 128 Å². The Kier molecular flexibility index (Phi) is 4.59. The third kappa shape index (κ3) is 3.80. The lowest BCUT2D eigenvalue weighted by atomic mass is 10.3. The fourth-order valence-corrected chi connectivity index (χ4v) is 3.19. The fourth-order valence-electron chi connectivity index (χ4n) is 1.74. The van der Waals surface area contributed by atoms with E-state index in [-0.39, 0.29) is 10.6 Å². The lowest BCUT2D eigenvalue weighted by molar-refractivity contribution is 0.340. The van der Waals surface area contributed by atoms with Crippen molar-refractivity contribution in [3.05, 3.63) is 47.5 Å². The number of halogens is 1. The van der Waals surface area contributed by atoms with Gasteiger partial charge in [0.05, 0.1) is 12.3 Å². The van der Waals surface area contributed by atoms with Gasteiger partial charge in [0.25, 0.3) is 10.0 Å². The van der Waals surface area contributed by atoms with Crippen LogP contribution in [0.5, 0.6) is 5.75 Å². The highest BCUT2D eigenvalue weighted by Crippen LogP contribution is 2.25. The van der Waals surface area contributed by atoms with Gasteiger partial charge in [-0.3, -0.25) is 4.72 Å². The predicted octanol–water partition coefficient (Wildman–Crippen LogP) is 3.12. The molecule has 5 nitrogen and oxygen atoms in total. The van der Waals surface area contributed by atoms with E-state index < -0.39 is 10.0 Å². The molecule has 0 saturated heterocycles. The summed E-state index contributed by atoms with van der Waals surface area (Å²) in [5, 5.41) is 0.302. The van der Waals surface area contributed by atoms with Crippen LogP contribution in [0.3, 0.4) is 0 Å². The SMILES string of the molecule is CCOc1ccc(NS(=O)(=O)c2cc(Cl)ccc2N)cc1. The fraction of sp³-hybridized carbons (Fsp3) is 0.143. The number of rotatable bonds is 5. The molecule has 0 aromatic heterocycles. The van der Waals surface area contributed by atoms with Gasteiger partial charge >= 0.3 is 0 Å². The van der Waals surface area contributed by atoms with Crippen molar-refractivity contribution < 1.29 is 13.2 Å². The van der Waals surface area contributed by atoms with E-state index in [0.717, 1.165) is 0 Å². The summed E-state index contributed by atoms with van der Waals surface area (Å²) in [6.07, 6.45) is 0. The summed E-state index contributed by atoms with van der Waals surface area (Å²) in [5.74, 6) is 0.669. The lowest BCUT2D eigenvalue weighted by Crippen LogP contribution is -2.14. The minimum atomic E-state index is -3.79. The van der Waals surface area contributed by atoms with Crippen LogP contribution >= 0.6 is 11.6 Å². The number of benzene rings is 2. The molecule has 0 unspecified atom stereocenters. The van der Waals surface area contributed by atoms with Gasteiger partial charge in [-0.25, -0.2) is 8.42 Å². The van der Waals surface area contributed by atoms with E-state index in [4.69, 9.17) is 22.1 Å². The first kappa shape index (κ1) is 15.5. The number of hydrogen-bond donors (Lipinski definition) is 2. The number of hydrogen-bond acceptors (Lipinski definition) is 4. The molecule has 21 heavy (non-hydrogen) atoms. The maximum atomic E-state index is 12.3. The zero-order chi connectivity index (χ0) is 15.5. The van der Waals surface area contributed by atoms with E-state index >= 15 is 0 Å². The molecule has 0 aliphatic carbocycles. The van der Waals surface area contributed by atoms with Crippen molar-refractivity contribution in [2.24, 2.45) is 0 Å². The third-order valence-corrected chi connectivity index (χ3v) is 4.35. The monoisotopic (exact) mass is 326 g/mol. The average Bonchev–Trinajstić information content (AvgIpc) is 2.43. The summed E-state index contributed by atoms with van der Waals surface area (Å²) < 4.78 is 32.4.